The molecule has 106 valence electrons. The lowest BCUT2D eigenvalue weighted by molar-refractivity contribution is -0.130. The third-order valence-corrected chi connectivity index (χ3v) is 3.17. The molecule has 0 spiro atoms. The number of carbonyl (C=O) groups excluding carboxylic acids is 1. The van der Waals surface area contributed by atoms with Crippen molar-refractivity contribution in [2.45, 2.75) is 46.0 Å². The average molecular weight is 262 g/mol. The first-order valence-corrected chi connectivity index (χ1v) is 7.08. The van der Waals surface area contributed by atoms with E-state index in [9.17, 15) is 4.79 Å². The van der Waals surface area contributed by atoms with Gasteiger partial charge in [-0.1, -0.05) is 38.1 Å². The Kier molecular flexibility index (Phi) is 6.57. The lowest BCUT2D eigenvalue weighted by atomic mass is 10.00. The minimum absolute atomic E-state index is 0.00674. The second-order valence-corrected chi connectivity index (χ2v) is 5.63. The van der Waals surface area contributed by atoms with Crippen LogP contribution in [0.1, 0.15) is 44.2 Å². The Bertz CT molecular complexity index is 382. The van der Waals surface area contributed by atoms with Crippen molar-refractivity contribution in [3.8, 4) is 0 Å². The number of amides is 1. The number of benzene rings is 1. The largest absolute Gasteiger partial charge is 0.284 e. The summed E-state index contributed by atoms with van der Waals surface area (Å²) in [5.41, 5.74) is 2.75. The number of rotatable bonds is 7. The molecule has 0 saturated carbocycles. The highest BCUT2D eigenvalue weighted by molar-refractivity contribution is 5.75. The number of carbonyl (C=O) groups is 1. The molecule has 0 bridgehead atoms. The highest BCUT2D eigenvalue weighted by Gasteiger charge is 2.04. The third kappa shape index (κ3) is 6.39. The van der Waals surface area contributed by atoms with E-state index in [0.717, 1.165) is 25.7 Å². The van der Waals surface area contributed by atoms with Crippen molar-refractivity contribution in [3.05, 3.63) is 35.4 Å². The monoisotopic (exact) mass is 262 g/mol. The van der Waals surface area contributed by atoms with Gasteiger partial charge < -0.3 is 0 Å². The molecule has 0 aliphatic rings. The first-order valence-electron chi connectivity index (χ1n) is 7.08. The zero-order valence-corrected chi connectivity index (χ0v) is 12.4. The van der Waals surface area contributed by atoms with Gasteiger partial charge in [-0.15, -0.1) is 0 Å². The molecular formula is C16H26N2O. The van der Waals surface area contributed by atoms with E-state index in [2.05, 4.69) is 38.1 Å². The van der Waals surface area contributed by atoms with Crippen LogP contribution in [0.2, 0.25) is 0 Å². The minimum atomic E-state index is 0.00674. The normalized spacial score (nSPS) is 10.8. The van der Waals surface area contributed by atoms with Gasteiger partial charge in [0.15, 0.2) is 0 Å². The third-order valence-electron chi connectivity index (χ3n) is 3.17. The van der Waals surface area contributed by atoms with Gasteiger partial charge in [-0.3, -0.25) is 9.80 Å². The maximum atomic E-state index is 11.3. The second kappa shape index (κ2) is 7.95. The van der Waals surface area contributed by atoms with Crippen molar-refractivity contribution < 1.29 is 4.79 Å². The van der Waals surface area contributed by atoms with Crippen molar-refractivity contribution in [2.24, 2.45) is 11.8 Å². The molecule has 0 radical (unpaired) electrons. The summed E-state index contributed by atoms with van der Waals surface area (Å²) >= 11 is 0. The molecule has 2 N–H and O–H groups in total. The molecule has 0 aliphatic carbocycles. The number of hydrogen-bond acceptors (Lipinski definition) is 2. The van der Waals surface area contributed by atoms with Gasteiger partial charge in [0.2, 0.25) is 5.91 Å². The topological polar surface area (TPSA) is 46.3 Å². The summed E-state index contributed by atoms with van der Waals surface area (Å²) in [5, 5.41) is 1.17. The highest BCUT2D eigenvalue weighted by Crippen LogP contribution is 2.12. The van der Waals surface area contributed by atoms with E-state index >= 15 is 0 Å². The number of aryl methyl sites for hydroxylation is 1. The molecule has 1 amide bonds. The van der Waals surface area contributed by atoms with Gasteiger partial charge in [-0.05, 0) is 42.7 Å². The van der Waals surface area contributed by atoms with E-state index in [1.807, 2.05) is 0 Å². The van der Waals surface area contributed by atoms with Crippen LogP contribution in [-0.4, -0.2) is 18.0 Å². The van der Waals surface area contributed by atoms with Crippen LogP contribution in [0.15, 0.2) is 24.3 Å². The molecule has 0 fully saturated rings. The van der Waals surface area contributed by atoms with E-state index in [0.29, 0.717) is 12.3 Å². The smallest absolute Gasteiger partial charge is 0.236 e. The molecule has 0 aromatic heterocycles. The van der Waals surface area contributed by atoms with E-state index in [-0.39, 0.29) is 5.91 Å². The number of nitrogens with zero attached hydrogens (tertiary/aromatic N) is 1. The van der Waals surface area contributed by atoms with Gasteiger partial charge in [-0.25, -0.2) is 5.84 Å². The molecule has 1 rings (SSSR count). The summed E-state index contributed by atoms with van der Waals surface area (Å²) in [6, 6.07) is 8.84. The summed E-state index contributed by atoms with van der Waals surface area (Å²) in [4.78, 5) is 11.3. The summed E-state index contributed by atoms with van der Waals surface area (Å²) in [6.07, 6.45) is 4.64. The zero-order valence-electron chi connectivity index (χ0n) is 12.4. The van der Waals surface area contributed by atoms with E-state index < -0.39 is 0 Å². The Morgan fingerprint density at radius 2 is 1.74 bits per heavy atom. The Labute approximate surface area is 116 Å². The van der Waals surface area contributed by atoms with Crippen LogP contribution in [0.5, 0.6) is 0 Å². The molecular weight excluding hydrogens is 236 g/mol. The fraction of sp³-hybridized carbons (Fsp3) is 0.562. The molecule has 3 heteroatoms. The predicted octanol–water partition coefficient (Wildman–Crippen LogP) is 2.93. The van der Waals surface area contributed by atoms with Crippen LogP contribution in [0.25, 0.3) is 0 Å². The van der Waals surface area contributed by atoms with Crippen molar-refractivity contribution in [3.63, 3.8) is 0 Å². The minimum Gasteiger partial charge on any atom is -0.284 e. The molecule has 3 nitrogen and oxygen atoms in total. The molecule has 0 heterocycles. The van der Waals surface area contributed by atoms with Crippen molar-refractivity contribution >= 4 is 5.91 Å². The summed E-state index contributed by atoms with van der Waals surface area (Å²) in [6.45, 7) is 4.47. The van der Waals surface area contributed by atoms with Crippen LogP contribution < -0.4 is 5.84 Å². The lowest BCUT2D eigenvalue weighted by Crippen LogP contribution is -2.32. The number of nitrogens with two attached hydrogens (primary N) is 1. The average Bonchev–Trinajstić information content (AvgIpc) is 2.35. The van der Waals surface area contributed by atoms with Crippen LogP contribution in [0, 0.1) is 5.92 Å². The van der Waals surface area contributed by atoms with Crippen molar-refractivity contribution in [1.29, 1.82) is 0 Å². The van der Waals surface area contributed by atoms with Crippen LogP contribution in [0.3, 0.4) is 0 Å². The standard InChI is InChI=1S/C16H26N2O/c1-13(2)12-15-10-8-14(9-11-15)6-4-5-7-16(19)18(3)17/h8-11,13H,4-7,12,17H2,1-3H3. The number of hydrogen-bond donors (Lipinski definition) is 1. The first-order chi connectivity index (χ1) is 8.99. The Hall–Kier alpha value is -1.35. The van der Waals surface area contributed by atoms with Gasteiger partial charge in [0.05, 0.1) is 0 Å². The molecule has 0 aliphatic heterocycles. The number of hydrazine groups is 1. The van der Waals surface area contributed by atoms with Gasteiger partial charge >= 0.3 is 0 Å². The Morgan fingerprint density at radius 3 is 2.26 bits per heavy atom. The molecule has 0 atom stereocenters. The van der Waals surface area contributed by atoms with Crippen LogP contribution >= 0.6 is 0 Å². The quantitative estimate of drug-likeness (QED) is 0.355. The molecule has 1 aromatic rings. The van der Waals surface area contributed by atoms with E-state index in [4.69, 9.17) is 5.84 Å². The van der Waals surface area contributed by atoms with Gasteiger partial charge in [0.25, 0.3) is 0 Å². The van der Waals surface area contributed by atoms with Gasteiger partial charge in [0.1, 0.15) is 0 Å². The maximum absolute atomic E-state index is 11.3. The predicted molar refractivity (Wildman–Crippen MR) is 79.5 cm³/mol. The summed E-state index contributed by atoms with van der Waals surface area (Å²) < 4.78 is 0. The van der Waals surface area contributed by atoms with Crippen LogP contribution in [-0.2, 0) is 17.6 Å². The van der Waals surface area contributed by atoms with E-state index in [1.165, 1.54) is 16.1 Å². The summed E-state index contributed by atoms with van der Waals surface area (Å²) in [7, 11) is 1.59. The highest BCUT2D eigenvalue weighted by atomic mass is 16.2. The van der Waals surface area contributed by atoms with E-state index in [1.54, 1.807) is 7.05 Å². The SMILES string of the molecule is CC(C)Cc1ccc(CCCCC(=O)N(C)N)cc1. The molecule has 0 saturated heterocycles. The zero-order chi connectivity index (χ0) is 14.3. The van der Waals surface area contributed by atoms with Crippen LogP contribution in [0.4, 0.5) is 0 Å². The molecule has 1 aromatic carbocycles. The second-order valence-electron chi connectivity index (χ2n) is 5.63. The fourth-order valence-corrected chi connectivity index (χ4v) is 2.10. The van der Waals surface area contributed by atoms with Crippen molar-refractivity contribution in [1.82, 2.24) is 5.01 Å². The van der Waals surface area contributed by atoms with Crippen molar-refractivity contribution in [2.75, 3.05) is 7.05 Å². The fourth-order valence-electron chi connectivity index (χ4n) is 2.10. The maximum Gasteiger partial charge on any atom is 0.236 e. The molecule has 19 heavy (non-hydrogen) atoms. The number of unbranched alkanes of at least 4 members (excludes halogenated alkanes) is 1. The lowest BCUT2D eigenvalue weighted by Gasteiger charge is -2.09. The van der Waals surface area contributed by atoms with Gasteiger partial charge in [-0.2, -0.15) is 0 Å². The Morgan fingerprint density at radius 1 is 1.16 bits per heavy atom. The van der Waals surface area contributed by atoms with Gasteiger partial charge in [0, 0.05) is 13.5 Å². The summed E-state index contributed by atoms with van der Waals surface area (Å²) in [5.74, 6) is 6.08. The molecule has 0 unspecified atom stereocenters. The first kappa shape index (κ1) is 15.7. The Balaban J connectivity index is 2.28.